The van der Waals surface area contributed by atoms with E-state index in [-0.39, 0.29) is 34.9 Å². The van der Waals surface area contributed by atoms with E-state index in [1.807, 2.05) is 44.2 Å². The van der Waals surface area contributed by atoms with Crippen LogP contribution in [0.4, 0.5) is 27.3 Å². The molecule has 15 heteroatoms. The van der Waals surface area contributed by atoms with E-state index >= 15 is 4.39 Å². The van der Waals surface area contributed by atoms with Crippen LogP contribution < -0.4 is 20.0 Å². The highest BCUT2D eigenvalue weighted by atomic mass is 35.5. The van der Waals surface area contributed by atoms with E-state index in [9.17, 15) is 29.2 Å². The molecule has 6 heterocycles. The third kappa shape index (κ3) is 6.16. The lowest BCUT2D eigenvalue weighted by atomic mass is 9.85. The first kappa shape index (κ1) is 37.4. The van der Waals surface area contributed by atoms with Gasteiger partial charge in [-0.25, -0.2) is 4.98 Å². The Morgan fingerprint density at radius 2 is 1.59 bits per heavy atom. The molecular formula is C43H38ClFN8O5. The quantitative estimate of drug-likeness (QED) is 0.199. The molecule has 13 nitrogen and oxygen atoms in total. The number of rotatable bonds is 7. The second-order valence-electron chi connectivity index (χ2n) is 16.0. The maximum atomic E-state index is 15.7. The van der Waals surface area contributed by atoms with Crippen molar-refractivity contribution < 1.29 is 28.4 Å². The number of amides is 5. The highest BCUT2D eigenvalue weighted by Gasteiger charge is 2.46. The number of nitrogens with one attached hydrogen (secondary N) is 1. The van der Waals surface area contributed by atoms with Gasteiger partial charge in [-0.1, -0.05) is 17.7 Å². The molecule has 3 saturated heterocycles. The number of nitrogens with zero attached hydrogens (tertiary/aromatic N) is 7. The van der Waals surface area contributed by atoms with Crippen molar-refractivity contribution in [2.45, 2.75) is 38.1 Å². The minimum atomic E-state index is -0.998. The summed E-state index contributed by atoms with van der Waals surface area (Å²) < 4.78 is 15.7. The van der Waals surface area contributed by atoms with E-state index in [1.165, 1.54) is 0 Å². The average Bonchev–Trinajstić information content (AvgIpc) is 3.55. The van der Waals surface area contributed by atoms with Gasteiger partial charge in [0.15, 0.2) is 0 Å². The molecular weight excluding hydrogens is 763 g/mol. The van der Waals surface area contributed by atoms with Crippen LogP contribution in [0, 0.1) is 23.2 Å². The predicted octanol–water partition coefficient (Wildman–Crippen LogP) is 5.03. The van der Waals surface area contributed by atoms with Crippen LogP contribution in [0.1, 0.15) is 58.5 Å². The number of piperidine rings is 1. The summed E-state index contributed by atoms with van der Waals surface area (Å²) in [6.45, 7) is 9.16. The molecule has 5 aliphatic rings. The lowest BCUT2D eigenvalue weighted by molar-refractivity contribution is -0.136. The first-order valence-electron chi connectivity index (χ1n) is 19.3. The van der Waals surface area contributed by atoms with Crippen LogP contribution in [0.3, 0.4) is 0 Å². The van der Waals surface area contributed by atoms with Crippen LogP contribution in [0.15, 0.2) is 66.7 Å². The summed E-state index contributed by atoms with van der Waals surface area (Å²) in [5.41, 5.74) is 3.75. The van der Waals surface area contributed by atoms with E-state index in [0.29, 0.717) is 39.8 Å². The van der Waals surface area contributed by atoms with Crippen molar-refractivity contribution in [3.8, 4) is 17.2 Å². The number of hydrogen-bond acceptors (Lipinski definition) is 10. The van der Waals surface area contributed by atoms with Gasteiger partial charge in [-0.2, -0.15) is 9.65 Å². The summed E-state index contributed by atoms with van der Waals surface area (Å²) in [4.78, 5) is 77.7. The summed E-state index contributed by atoms with van der Waals surface area (Å²) in [6.07, 6.45) is 0.186. The molecule has 0 spiro atoms. The molecule has 0 bridgehead atoms. The van der Waals surface area contributed by atoms with Crippen molar-refractivity contribution in [3.05, 3.63) is 100.0 Å². The van der Waals surface area contributed by atoms with E-state index in [1.54, 1.807) is 47.4 Å². The number of aromatic nitrogens is 1. The number of piperazine rings is 1. The predicted molar refractivity (Wildman–Crippen MR) is 213 cm³/mol. The molecule has 5 amide bonds. The zero-order chi connectivity index (χ0) is 40.6. The number of pyridine rings is 1. The summed E-state index contributed by atoms with van der Waals surface area (Å²) in [6, 6.07) is 20.2. The van der Waals surface area contributed by atoms with Crippen LogP contribution in [0.25, 0.3) is 11.1 Å². The van der Waals surface area contributed by atoms with E-state index < -0.39 is 41.0 Å². The average molecular weight is 801 g/mol. The number of benzene rings is 3. The second-order valence-corrected chi connectivity index (χ2v) is 16.4. The Hall–Kier alpha value is -6.17. The SMILES string of the molecule is CC1(C)C(=O)N(c2ccc(C#N)c(Cl)c2)c2ccc(-c3ccc(N4CC(CN5CCN(c6ccc7c(c6)C(=O)N(C6CCC(=O)NC6=O)C7=O)CC5)C4)nc3F)cc21. The standard InChI is InChI=1S/C43H38ClFN8O5/c1-43(2)32-17-25(4-9-34(32)52(42(43)58)28-5-3-26(20-46)33(44)19-28)29-8-11-36(47-38(29)45)51-22-24(23-51)21-49-13-15-50(16-14-49)27-6-7-30-31(18-27)41(57)53(40(30)56)35-10-12-37(54)48-39(35)55/h3-9,11,17-19,24,35H,10,12-16,21-23H2,1-2H3,(H,48,54,55). The molecule has 0 radical (unpaired) electrons. The first-order valence-corrected chi connectivity index (χ1v) is 19.6. The Morgan fingerprint density at radius 1 is 0.862 bits per heavy atom. The van der Waals surface area contributed by atoms with Crippen molar-refractivity contribution in [2.75, 3.05) is 60.5 Å². The first-order chi connectivity index (χ1) is 27.8. The monoisotopic (exact) mass is 800 g/mol. The molecule has 1 N–H and O–H groups in total. The van der Waals surface area contributed by atoms with Gasteiger partial charge in [0.2, 0.25) is 23.7 Å². The van der Waals surface area contributed by atoms with Crippen LogP contribution >= 0.6 is 11.6 Å². The second kappa shape index (κ2) is 14.0. The van der Waals surface area contributed by atoms with Crippen molar-refractivity contribution in [1.82, 2.24) is 20.1 Å². The molecule has 3 aromatic carbocycles. The highest BCUT2D eigenvalue weighted by Crippen LogP contribution is 2.47. The number of fused-ring (bicyclic) bond motifs is 2. The third-order valence-corrected chi connectivity index (χ3v) is 12.4. The number of carbonyl (C=O) groups excluding carboxylic acids is 5. The molecule has 0 aliphatic carbocycles. The highest BCUT2D eigenvalue weighted by molar-refractivity contribution is 6.32. The Labute approximate surface area is 338 Å². The Kier molecular flexibility index (Phi) is 9.05. The molecule has 9 rings (SSSR count). The molecule has 0 saturated carbocycles. The molecule has 1 aromatic heterocycles. The van der Waals surface area contributed by atoms with Gasteiger partial charge in [-0.05, 0) is 92.1 Å². The summed E-state index contributed by atoms with van der Waals surface area (Å²) >= 11 is 6.30. The fraction of sp³-hybridized carbons (Fsp3) is 0.326. The van der Waals surface area contributed by atoms with Gasteiger partial charge < -0.3 is 9.80 Å². The maximum absolute atomic E-state index is 15.7. The Bertz CT molecular complexity index is 2510. The maximum Gasteiger partial charge on any atom is 0.262 e. The summed E-state index contributed by atoms with van der Waals surface area (Å²) in [5, 5.41) is 11.8. The Balaban J connectivity index is 0.801. The van der Waals surface area contributed by atoms with Gasteiger partial charge in [0.05, 0.1) is 38.5 Å². The van der Waals surface area contributed by atoms with E-state index in [2.05, 4.69) is 25.0 Å². The number of halogens is 2. The molecule has 5 aliphatic heterocycles. The Morgan fingerprint density at radius 3 is 2.29 bits per heavy atom. The summed E-state index contributed by atoms with van der Waals surface area (Å²) in [7, 11) is 0. The van der Waals surface area contributed by atoms with Crippen molar-refractivity contribution >= 4 is 64.0 Å². The van der Waals surface area contributed by atoms with E-state index in [4.69, 9.17) is 11.6 Å². The van der Waals surface area contributed by atoms with Gasteiger partial charge in [0.1, 0.15) is 17.9 Å². The van der Waals surface area contributed by atoms with Gasteiger partial charge >= 0.3 is 0 Å². The fourth-order valence-electron chi connectivity index (χ4n) is 8.79. The van der Waals surface area contributed by atoms with Crippen LogP contribution in [-0.2, 0) is 19.8 Å². The number of nitriles is 1. The van der Waals surface area contributed by atoms with E-state index in [0.717, 1.165) is 62.0 Å². The number of carbonyl (C=O) groups is 5. The number of anilines is 4. The smallest absolute Gasteiger partial charge is 0.262 e. The largest absolute Gasteiger partial charge is 0.369 e. The molecule has 58 heavy (non-hydrogen) atoms. The number of hydrogen-bond donors (Lipinski definition) is 1. The molecule has 294 valence electrons. The van der Waals surface area contributed by atoms with Gasteiger partial charge in [0, 0.05) is 69.4 Å². The molecule has 1 atom stereocenters. The fourth-order valence-corrected chi connectivity index (χ4v) is 9.01. The van der Waals surface area contributed by atoms with Crippen molar-refractivity contribution in [2.24, 2.45) is 5.92 Å². The minimum Gasteiger partial charge on any atom is -0.369 e. The van der Waals surface area contributed by atoms with Gasteiger partial charge in [-0.15, -0.1) is 0 Å². The van der Waals surface area contributed by atoms with Crippen LogP contribution in [-0.4, -0.2) is 96.2 Å². The van der Waals surface area contributed by atoms with Crippen LogP contribution in [0.2, 0.25) is 5.02 Å². The zero-order valence-electron chi connectivity index (χ0n) is 31.8. The van der Waals surface area contributed by atoms with Gasteiger partial charge in [0.25, 0.3) is 11.8 Å². The topological polar surface area (TPSA) is 150 Å². The molecule has 1 unspecified atom stereocenters. The minimum absolute atomic E-state index is 0.0721. The van der Waals surface area contributed by atoms with Gasteiger partial charge in [-0.3, -0.25) is 44.0 Å². The normalized spacial score (nSPS) is 20.6. The molecule has 3 fully saturated rings. The van der Waals surface area contributed by atoms with Crippen molar-refractivity contribution in [1.29, 1.82) is 5.26 Å². The van der Waals surface area contributed by atoms with Crippen LogP contribution in [0.5, 0.6) is 0 Å². The third-order valence-electron chi connectivity index (χ3n) is 12.1. The molecule has 4 aromatic rings. The lowest BCUT2D eigenvalue weighted by Gasteiger charge is -2.44. The lowest BCUT2D eigenvalue weighted by Crippen LogP contribution is -2.55. The zero-order valence-corrected chi connectivity index (χ0v) is 32.6. The van der Waals surface area contributed by atoms with Crippen molar-refractivity contribution in [3.63, 3.8) is 0 Å². The summed E-state index contributed by atoms with van der Waals surface area (Å²) in [5.74, 6) is -1.84. The number of imide groups is 2.